The van der Waals surface area contributed by atoms with Crippen LogP contribution in [0.5, 0.6) is 0 Å². The van der Waals surface area contributed by atoms with Crippen LogP contribution in [0.1, 0.15) is 111 Å². The van der Waals surface area contributed by atoms with Gasteiger partial charge in [-0.2, -0.15) is 0 Å². The van der Waals surface area contributed by atoms with E-state index in [1.165, 1.54) is 83.5 Å². The second-order valence-corrected chi connectivity index (χ2v) is 6.92. The zero-order valence-electron chi connectivity index (χ0n) is 15.5. The second kappa shape index (κ2) is 16.8. The molecule has 0 aromatic heterocycles. The van der Waals surface area contributed by atoms with Gasteiger partial charge in [0, 0.05) is 0 Å². The normalized spacial score (nSPS) is 11.1. The van der Waals surface area contributed by atoms with Gasteiger partial charge in [0.25, 0.3) is 0 Å². The van der Waals surface area contributed by atoms with E-state index in [9.17, 15) is 4.79 Å². The third kappa shape index (κ3) is 15.9. The van der Waals surface area contributed by atoms with Crippen LogP contribution in [-0.2, 0) is 9.53 Å². The van der Waals surface area contributed by atoms with Crippen LogP contribution in [0.25, 0.3) is 0 Å². The SMILES string of the molecule is CCCCCCCCCCCCCCCCOC(=O)C(C)C. The molecule has 0 aromatic rings. The van der Waals surface area contributed by atoms with Crippen LogP contribution in [0.15, 0.2) is 0 Å². The number of ether oxygens (including phenoxy) is 1. The minimum absolute atomic E-state index is 0.00615. The highest BCUT2D eigenvalue weighted by Gasteiger charge is 2.06. The molecule has 0 amide bonds. The predicted octanol–water partition coefficient (Wildman–Crippen LogP) is 6.67. The quantitative estimate of drug-likeness (QED) is 0.235. The fourth-order valence-electron chi connectivity index (χ4n) is 2.64. The Bertz CT molecular complexity index is 236. The summed E-state index contributed by atoms with van der Waals surface area (Å²) in [7, 11) is 0. The lowest BCUT2D eigenvalue weighted by Crippen LogP contribution is -2.12. The van der Waals surface area contributed by atoms with Crippen LogP contribution >= 0.6 is 0 Å². The summed E-state index contributed by atoms with van der Waals surface area (Å²) in [5, 5.41) is 0. The Morgan fingerprint density at radius 2 is 1.05 bits per heavy atom. The van der Waals surface area contributed by atoms with Crippen molar-refractivity contribution in [2.75, 3.05) is 6.61 Å². The lowest BCUT2D eigenvalue weighted by Gasteiger charge is -2.06. The maximum atomic E-state index is 11.3. The molecule has 22 heavy (non-hydrogen) atoms. The third-order valence-corrected chi connectivity index (χ3v) is 4.21. The van der Waals surface area contributed by atoms with Gasteiger partial charge in [-0.15, -0.1) is 0 Å². The first-order chi connectivity index (χ1) is 10.7. The summed E-state index contributed by atoms with van der Waals surface area (Å²) in [6.07, 6.45) is 19.0. The highest BCUT2D eigenvalue weighted by molar-refractivity contribution is 5.71. The Labute approximate surface area is 139 Å². The molecule has 0 aliphatic heterocycles. The molecule has 0 rings (SSSR count). The molecule has 0 radical (unpaired) electrons. The molecular weight excluding hydrogens is 272 g/mol. The van der Waals surface area contributed by atoms with E-state index in [0.717, 1.165) is 6.42 Å². The van der Waals surface area contributed by atoms with Gasteiger partial charge in [0.1, 0.15) is 0 Å². The van der Waals surface area contributed by atoms with E-state index in [4.69, 9.17) is 4.74 Å². The molecule has 0 atom stereocenters. The topological polar surface area (TPSA) is 26.3 Å². The molecule has 0 heterocycles. The first-order valence-electron chi connectivity index (χ1n) is 9.85. The average Bonchev–Trinajstić information content (AvgIpc) is 2.50. The standard InChI is InChI=1S/C20H40O2/c1-4-5-6-7-8-9-10-11-12-13-14-15-16-17-18-22-20(21)19(2)3/h19H,4-18H2,1-3H3. The number of carbonyl (C=O) groups is 1. The van der Waals surface area contributed by atoms with Crippen molar-refractivity contribution in [1.82, 2.24) is 0 Å². The van der Waals surface area contributed by atoms with Gasteiger partial charge in [-0.3, -0.25) is 4.79 Å². The molecule has 0 aromatic carbocycles. The number of esters is 1. The lowest BCUT2D eigenvalue weighted by atomic mass is 10.0. The maximum absolute atomic E-state index is 11.3. The van der Waals surface area contributed by atoms with Crippen LogP contribution in [0.3, 0.4) is 0 Å². The zero-order valence-corrected chi connectivity index (χ0v) is 15.5. The summed E-state index contributed by atoms with van der Waals surface area (Å²) in [5.74, 6) is -0.0543. The van der Waals surface area contributed by atoms with Crippen molar-refractivity contribution in [3.63, 3.8) is 0 Å². The molecule has 2 heteroatoms. The van der Waals surface area contributed by atoms with Gasteiger partial charge in [0.2, 0.25) is 0 Å². The van der Waals surface area contributed by atoms with Crippen LogP contribution in [-0.4, -0.2) is 12.6 Å². The Morgan fingerprint density at radius 1 is 0.682 bits per heavy atom. The minimum atomic E-state index is -0.0605. The van der Waals surface area contributed by atoms with Gasteiger partial charge in [0.05, 0.1) is 12.5 Å². The highest BCUT2D eigenvalue weighted by atomic mass is 16.5. The number of carbonyl (C=O) groups excluding carboxylic acids is 1. The second-order valence-electron chi connectivity index (χ2n) is 6.92. The Kier molecular flexibility index (Phi) is 16.4. The summed E-state index contributed by atoms with van der Waals surface area (Å²) in [6, 6.07) is 0. The van der Waals surface area contributed by atoms with E-state index in [-0.39, 0.29) is 11.9 Å². The van der Waals surface area contributed by atoms with E-state index >= 15 is 0 Å². The summed E-state index contributed by atoms with van der Waals surface area (Å²) >= 11 is 0. The van der Waals surface area contributed by atoms with Gasteiger partial charge < -0.3 is 4.74 Å². The summed E-state index contributed by atoms with van der Waals surface area (Å²) in [4.78, 5) is 11.3. The monoisotopic (exact) mass is 312 g/mol. The molecule has 0 aliphatic carbocycles. The number of hydrogen-bond acceptors (Lipinski definition) is 2. The Morgan fingerprint density at radius 3 is 1.41 bits per heavy atom. The smallest absolute Gasteiger partial charge is 0.308 e. The van der Waals surface area contributed by atoms with Crippen LogP contribution in [0.4, 0.5) is 0 Å². The van der Waals surface area contributed by atoms with Gasteiger partial charge in [0.15, 0.2) is 0 Å². The molecule has 0 N–H and O–H groups in total. The fourth-order valence-corrected chi connectivity index (χ4v) is 2.64. The number of hydrogen-bond donors (Lipinski definition) is 0. The molecular formula is C20H40O2. The Balaban J connectivity index is 3.04. The van der Waals surface area contributed by atoms with E-state index < -0.39 is 0 Å². The molecule has 0 bridgehead atoms. The molecule has 132 valence electrons. The molecule has 0 fully saturated rings. The van der Waals surface area contributed by atoms with E-state index in [0.29, 0.717) is 6.61 Å². The predicted molar refractivity (Wildman–Crippen MR) is 96.1 cm³/mol. The van der Waals surface area contributed by atoms with Gasteiger partial charge in [-0.05, 0) is 6.42 Å². The highest BCUT2D eigenvalue weighted by Crippen LogP contribution is 2.13. The maximum Gasteiger partial charge on any atom is 0.308 e. The van der Waals surface area contributed by atoms with Crippen molar-refractivity contribution in [1.29, 1.82) is 0 Å². The van der Waals surface area contributed by atoms with Crippen LogP contribution < -0.4 is 0 Å². The number of rotatable bonds is 16. The largest absolute Gasteiger partial charge is 0.465 e. The summed E-state index contributed by atoms with van der Waals surface area (Å²) in [6.45, 7) is 6.65. The van der Waals surface area contributed by atoms with Gasteiger partial charge in [-0.25, -0.2) is 0 Å². The first-order valence-corrected chi connectivity index (χ1v) is 9.85. The van der Waals surface area contributed by atoms with E-state index in [2.05, 4.69) is 6.92 Å². The fraction of sp³-hybridized carbons (Fsp3) is 0.950. The molecule has 0 saturated heterocycles. The van der Waals surface area contributed by atoms with Gasteiger partial charge in [-0.1, -0.05) is 104 Å². The summed E-state index contributed by atoms with van der Waals surface area (Å²) in [5.41, 5.74) is 0. The molecule has 0 unspecified atom stereocenters. The van der Waals surface area contributed by atoms with Gasteiger partial charge >= 0.3 is 5.97 Å². The average molecular weight is 313 g/mol. The van der Waals surface area contributed by atoms with Crippen LogP contribution in [0.2, 0.25) is 0 Å². The first kappa shape index (κ1) is 21.5. The van der Waals surface area contributed by atoms with Crippen molar-refractivity contribution < 1.29 is 9.53 Å². The summed E-state index contributed by atoms with van der Waals surface area (Å²) < 4.78 is 5.17. The number of unbranched alkanes of at least 4 members (excludes halogenated alkanes) is 13. The van der Waals surface area contributed by atoms with Crippen molar-refractivity contribution in [2.24, 2.45) is 5.92 Å². The molecule has 0 saturated carbocycles. The zero-order chi connectivity index (χ0) is 16.5. The van der Waals surface area contributed by atoms with E-state index in [1.807, 2.05) is 13.8 Å². The molecule has 2 nitrogen and oxygen atoms in total. The molecule has 0 spiro atoms. The van der Waals surface area contributed by atoms with E-state index in [1.54, 1.807) is 0 Å². The van der Waals surface area contributed by atoms with Crippen molar-refractivity contribution in [3.05, 3.63) is 0 Å². The van der Waals surface area contributed by atoms with Crippen molar-refractivity contribution >= 4 is 5.97 Å². The third-order valence-electron chi connectivity index (χ3n) is 4.21. The minimum Gasteiger partial charge on any atom is -0.465 e. The van der Waals surface area contributed by atoms with Crippen molar-refractivity contribution in [3.8, 4) is 0 Å². The lowest BCUT2D eigenvalue weighted by molar-refractivity contribution is -0.147. The van der Waals surface area contributed by atoms with Crippen LogP contribution in [0, 0.1) is 5.92 Å². The molecule has 0 aliphatic rings. The Hall–Kier alpha value is -0.530. The van der Waals surface area contributed by atoms with Crippen molar-refractivity contribution in [2.45, 2.75) is 111 Å².